The zero-order chi connectivity index (χ0) is 19.6. The molecule has 7 heteroatoms. The van der Waals surface area contributed by atoms with E-state index in [9.17, 15) is 0 Å². The quantitative estimate of drug-likeness (QED) is 0.216. The van der Waals surface area contributed by atoms with Crippen molar-refractivity contribution in [2.75, 3.05) is 52.9 Å². The molecule has 29 heavy (non-hydrogen) atoms. The van der Waals surface area contributed by atoms with Crippen molar-refractivity contribution in [1.82, 2.24) is 20.4 Å². The fraction of sp³-hybridized carbons (Fsp3) is 0.773. The monoisotopic (exact) mass is 533 g/mol. The van der Waals surface area contributed by atoms with Crippen molar-refractivity contribution in [3.05, 3.63) is 22.4 Å². The van der Waals surface area contributed by atoms with Crippen molar-refractivity contribution in [1.29, 1.82) is 0 Å². The number of guanidine groups is 1. The number of hydrogen-bond donors (Lipinski definition) is 2. The predicted molar refractivity (Wildman–Crippen MR) is 137 cm³/mol. The van der Waals surface area contributed by atoms with Crippen LogP contribution in [0.5, 0.6) is 0 Å². The molecule has 0 bridgehead atoms. The second kappa shape index (κ2) is 13.8. The van der Waals surface area contributed by atoms with Crippen LogP contribution in [-0.4, -0.2) is 68.6 Å². The van der Waals surface area contributed by atoms with Crippen molar-refractivity contribution in [3.63, 3.8) is 0 Å². The van der Waals surface area contributed by atoms with E-state index in [1.807, 2.05) is 18.4 Å². The van der Waals surface area contributed by atoms with E-state index in [4.69, 9.17) is 0 Å². The lowest BCUT2D eigenvalue weighted by Gasteiger charge is -2.30. The summed E-state index contributed by atoms with van der Waals surface area (Å²) in [4.78, 5) is 11.1. The van der Waals surface area contributed by atoms with Gasteiger partial charge in [0.05, 0.1) is 6.04 Å². The van der Waals surface area contributed by atoms with Crippen LogP contribution < -0.4 is 10.6 Å². The molecule has 5 nitrogen and oxygen atoms in total. The Morgan fingerprint density at radius 2 is 1.93 bits per heavy atom. The molecule has 0 spiro atoms. The van der Waals surface area contributed by atoms with Crippen molar-refractivity contribution < 1.29 is 0 Å². The molecular weight excluding hydrogens is 493 g/mol. The number of piperidine rings is 1. The number of rotatable bonds is 9. The third kappa shape index (κ3) is 8.34. The largest absolute Gasteiger partial charge is 0.356 e. The van der Waals surface area contributed by atoms with Crippen LogP contribution in [-0.2, 0) is 0 Å². The highest BCUT2D eigenvalue weighted by molar-refractivity contribution is 14.0. The fourth-order valence-corrected chi connectivity index (χ4v) is 5.17. The standard InChI is InChI=1S/C22H39N5S.HI/c1-19-9-15-26(16-10-19)12-4-3-11-24-22(23-2)25-18-20(21-8-7-17-28-21)27-13-5-6-14-27;/h7-8,17,19-20H,3-6,9-16,18H2,1-2H3,(H2,23,24,25);1H. The number of nitrogens with one attached hydrogen (secondary N) is 2. The zero-order valence-electron chi connectivity index (χ0n) is 18.2. The smallest absolute Gasteiger partial charge is 0.191 e. The van der Waals surface area contributed by atoms with E-state index in [1.165, 1.54) is 76.1 Å². The predicted octanol–water partition coefficient (Wildman–Crippen LogP) is 4.18. The number of unbranched alkanes of at least 4 members (excludes halogenated alkanes) is 1. The molecule has 3 heterocycles. The second-order valence-corrected chi connectivity index (χ2v) is 9.36. The fourth-order valence-electron chi connectivity index (χ4n) is 4.31. The number of likely N-dealkylation sites (tertiary alicyclic amines) is 2. The first kappa shape index (κ1) is 24.9. The Bertz CT molecular complexity index is 566. The Balaban J connectivity index is 0.00000300. The molecule has 2 N–H and O–H groups in total. The summed E-state index contributed by atoms with van der Waals surface area (Å²) in [5.74, 6) is 1.86. The van der Waals surface area contributed by atoms with Crippen LogP contribution in [0, 0.1) is 5.92 Å². The third-order valence-corrected chi connectivity index (χ3v) is 7.18. The van der Waals surface area contributed by atoms with Crippen molar-refractivity contribution >= 4 is 41.3 Å². The lowest BCUT2D eigenvalue weighted by molar-refractivity contribution is 0.189. The summed E-state index contributed by atoms with van der Waals surface area (Å²) in [5, 5.41) is 9.27. The summed E-state index contributed by atoms with van der Waals surface area (Å²) in [6, 6.07) is 4.90. The molecule has 2 saturated heterocycles. The molecule has 3 rings (SSSR count). The number of halogens is 1. The van der Waals surface area contributed by atoms with Crippen LogP contribution in [0.3, 0.4) is 0 Å². The van der Waals surface area contributed by atoms with Crippen LogP contribution in [0.15, 0.2) is 22.5 Å². The van der Waals surface area contributed by atoms with E-state index in [2.05, 4.69) is 49.9 Å². The zero-order valence-corrected chi connectivity index (χ0v) is 21.4. The van der Waals surface area contributed by atoms with Gasteiger partial charge in [0.15, 0.2) is 5.96 Å². The highest BCUT2D eigenvalue weighted by Gasteiger charge is 2.24. The minimum atomic E-state index is 0. The van der Waals surface area contributed by atoms with Gasteiger partial charge >= 0.3 is 0 Å². The van der Waals surface area contributed by atoms with Gasteiger partial charge in [0.25, 0.3) is 0 Å². The van der Waals surface area contributed by atoms with Gasteiger partial charge < -0.3 is 15.5 Å². The Morgan fingerprint density at radius 3 is 2.59 bits per heavy atom. The molecule has 1 aromatic rings. The van der Waals surface area contributed by atoms with Gasteiger partial charge in [-0.15, -0.1) is 35.3 Å². The van der Waals surface area contributed by atoms with Gasteiger partial charge in [0.2, 0.25) is 0 Å². The number of hydrogen-bond acceptors (Lipinski definition) is 4. The van der Waals surface area contributed by atoms with Gasteiger partial charge in [-0.25, -0.2) is 0 Å². The summed E-state index contributed by atoms with van der Waals surface area (Å²) in [5.41, 5.74) is 0. The molecule has 0 aliphatic carbocycles. The van der Waals surface area contributed by atoms with Gasteiger partial charge in [-0.05, 0) is 88.6 Å². The topological polar surface area (TPSA) is 42.9 Å². The minimum absolute atomic E-state index is 0. The van der Waals surface area contributed by atoms with Crippen molar-refractivity contribution in [2.24, 2.45) is 10.9 Å². The molecule has 2 fully saturated rings. The number of nitrogens with zero attached hydrogens (tertiary/aromatic N) is 3. The summed E-state index contributed by atoms with van der Waals surface area (Å²) < 4.78 is 0. The number of aliphatic imine (C=N–C) groups is 1. The maximum Gasteiger partial charge on any atom is 0.191 e. The molecule has 2 aliphatic rings. The first-order valence-corrected chi connectivity index (χ1v) is 12.1. The van der Waals surface area contributed by atoms with Crippen LogP contribution in [0.25, 0.3) is 0 Å². The van der Waals surface area contributed by atoms with Gasteiger partial charge in [0.1, 0.15) is 0 Å². The van der Waals surface area contributed by atoms with E-state index in [0.717, 1.165) is 25.0 Å². The molecule has 0 radical (unpaired) electrons. The Labute approximate surface area is 198 Å². The Kier molecular flexibility index (Phi) is 11.9. The molecule has 1 aromatic heterocycles. The van der Waals surface area contributed by atoms with Gasteiger partial charge in [0, 0.05) is 25.0 Å². The average molecular weight is 534 g/mol. The van der Waals surface area contributed by atoms with Gasteiger partial charge in [-0.2, -0.15) is 0 Å². The normalized spacial score (nSPS) is 20.4. The van der Waals surface area contributed by atoms with Crippen LogP contribution in [0.4, 0.5) is 0 Å². The SMILES string of the molecule is CN=C(NCCCCN1CCC(C)CC1)NCC(c1cccs1)N1CCCC1.I. The summed E-state index contributed by atoms with van der Waals surface area (Å²) in [6.45, 7) is 10.6. The van der Waals surface area contributed by atoms with Crippen molar-refractivity contribution in [3.8, 4) is 0 Å². The molecular formula is C22H40IN5S. The first-order valence-electron chi connectivity index (χ1n) is 11.2. The molecule has 166 valence electrons. The molecule has 1 unspecified atom stereocenters. The van der Waals surface area contributed by atoms with E-state index in [0.29, 0.717) is 6.04 Å². The molecule has 0 aromatic carbocycles. The molecule has 1 atom stereocenters. The highest BCUT2D eigenvalue weighted by Crippen LogP contribution is 2.27. The van der Waals surface area contributed by atoms with E-state index in [-0.39, 0.29) is 24.0 Å². The Hall–Kier alpha value is -0.380. The summed E-state index contributed by atoms with van der Waals surface area (Å²) in [6.07, 6.45) is 7.86. The van der Waals surface area contributed by atoms with Crippen LogP contribution in [0.2, 0.25) is 0 Å². The van der Waals surface area contributed by atoms with E-state index >= 15 is 0 Å². The molecule has 2 aliphatic heterocycles. The lowest BCUT2D eigenvalue weighted by Crippen LogP contribution is -2.42. The highest BCUT2D eigenvalue weighted by atomic mass is 127. The molecule has 0 saturated carbocycles. The summed E-state index contributed by atoms with van der Waals surface area (Å²) >= 11 is 1.87. The third-order valence-electron chi connectivity index (χ3n) is 6.21. The maximum atomic E-state index is 4.43. The average Bonchev–Trinajstić information content (AvgIpc) is 3.42. The maximum absolute atomic E-state index is 4.43. The van der Waals surface area contributed by atoms with Crippen LogP contribution >= 0.6 is 35.3 Å². The van der Waals surface area contributed by atoms with Crippen LogP contribution in [0.1, 0.15) is 56.4 Å². The number of thiophene rings is 1. The Morgan fingerprint density at radius 1 is 1.17 bits per heavy atom. The van der Waals surface area contributed by atoms with E-state index in [1.54, 1.807) is 0 Å². The first-order chi connectivity index (χ1) is 13.8. The molecule has 0 amide bonds. The van der Waals surface area contributed by atoms with Gasteiger partial charge in [-0.3, -0.25) is 9.89 Å². The van der Waals surface area contributed by atoms with Gasteiger partial charge in [-0.1, -0.05) is 13.0 Å². The lowest BCUT2D eigenvalue weighted by atomic mass is 9.99. The van der Waals surface area contributed by atoms with Crippen molar-refractivity contribution in [2.45, 2.75) is 51.5 Å². The second-order valence-electron chi connectivity index (χ2n) is 8.39. The summed E-state index contributed by atoms with van der Waals surface area (Å²) in [7, 11) is 1.88. The van der Waals surface area contributed by atoms with E-state index < -0.39 is 0 Å². The minimum Gasteiger partial charge on any atom is -0.356 e.